The van der Waals surface area contributed by atoms with Crippen LogP contribution in [0, 0.1) is 0 Å². The Balaban J connectivity index is 2.19. The maximum atomic E-state index is 11.4. The quantitative estimate of drug-likeness (QED) is 0.737. The molecular formula is C10H9NO6. The Morgan fingerprint density at radius 3 is 2.59 bits per heavy atom. The van der Waals surface area contributed by atoms with E-state index in [4.69, 9.17) is 14.3 Å². The molecule has 0 aromatic carbocycles. The fraction of sp³-hybridized carbons (Fsp3) is 0.300. The highest BCUT2D eigenvalue weighted by molar-refractivity contribution is 5.98. The fourth-order valence-electron chi connectivity index (χ4n) is 1.52. The van der Waals surface area contributed by atoms with E-state index in [0.29, 0.717) is 0 Å². The lowest BCUT2D eigenvalue weighted by Gasteiger charge is -2.24. The molecule has 0 saturated carbocycles. The molecule has 2 rings (SSSR count). The number of carbonyl (C=O) groups excluding carboxylic acids is 2. The summed E-state index contributed by atoms with van der Waals surface area (Å²) in [6.45, 7) is -0.461. The molecule has 0 bridgehead atoms. The average molecular weight is 239 g/mol. The van der Waals surface area contributed by atoms with Crippen molar-refractivity contribution in [3.05, 3.63) is 23.7 Å². The standard InChI is InChI=1S/C10H9NO6/c12-7-4-16-5-8(13)11(7)3-6-1-2-17-9(6)10(14)15/h1-2H,3-5H2,(H,14,15). The fourth-order valence-corrected chi connectivity index (χ4v) is 1.52. The van der Waals surface area contributed by atoms with Gasteiger partial charge in [0.2, 0.25) is 5.76 Å². The minimum absolute atomic E-state index is 0.112. The van der Waals surface area contributed by atoms with Gasteiger partial charge in [-0.25, -0.2) is 4.79 Å². The van der Waals surface area contributed by atoms with Gasteiger partial charge in [0.25, 0.3) is 11.8 Å². The molecule has 0 spiro atoms. The van der Waals surface area contributed by atoms with Crippen molar-refractivity contribution in [3.63, 3.8) is 0 Å². The van der Waals surface area contributed by atoms with E-state index >= 15 is 0 Å². The largest absolute Gasteiger partial charge is 0.475 e. The van der Waals surface area contributed by atoms with Gasteiger partial charge >= 0.3 is 5.97 Å². The Morgan fingerprint density at radius 1 is 1.35 bits per heavy atom. The van der Waals surface area contributed by atoms with Crippen LogP contribution in [0.15, 0.2) is 16.7 Å². The van der Waals surface area contributed by atoms with E-state index in [1.165, 1.54) is 12.3 Å². The van der Waals surface area contributed by atoms with Gasteiger partial charge < -0.3 is 14.3 Å². The molecule has 7 heteroatoms. The van der Waals surface area contributed by atoms with Crippen LogP contribution in [0.4, 0.5) is 0 Å². The highest BCUT2D eigenvalue weighted by Crippen LogP contribution is 2.15. The molecule has 90 valence electrons. The molecule has 17 heavy (non-hydrogen) atoms. The molecule has 0 aliphatic carbocycles. The van der Waals surface area contributed by atoms with E-state index in [1.54, 1.807) is 0 Å². The predicted octanol–water partition coefficient (Wildman–Crippen LogP) is -0.137. The molecule has 1 saturated heterocycles. The van der Waals surface area contributed by atoms with Gasteiger partial charge in [-0.3, -0.25) is 14.5 Å². The predicted molar refractivity (Wildman–Crippen MR) is 52.0 cm³/mol. The molecule has 1 aromatic rings. The second kappa shape index (κ2) is 4.38. The Morgan fingerprint density at radius 2 is 2.00 bits per heavy atom. The van der Waals surface area contributed by atoms with Gasteiger partial charge in [0.05, 0.1) is 12.8 Å². The maximum Gasteiger partial charge on any atom is 0.372 e. The molecule has 2 amide bonds. The molecule has 0 radical (unpaired) electrons. The molecule has 0 unspecified atom stereocenters. The molecule has 2 heterocycles. The number of hydrogen-bond donors (Lipinski definition) is 1. The van der Waals surface area contributed by atoms with Crippen molar-refractivity contribution in [2.75, 3.05) is 13.2 Å². The molecule has 7 nitrogen and oxygen atoms in total. The van der Waals surface area contributed by atoms with Gasteiger partial charge in [-0.15, -0.1) is 0 Å². The van der Waals surface area contributed by atoms with E-state index in [9.17, 15) is 14.4 Å². The van der Waals surface area contributed by atoms with Gasteiger partial charge in [0.15, 0.2) is 0 Å². The number of rotatable bonds is 3. The summed E-state index contributed by atoms with van der Waals surface area (Å²) in [5.74, 6) is -2.48. The third kappa shape index (κ3) is 2.18. The van der Waals surface area contributed by atoms with Crippen LogP contribution in [0.25, 0.3) is 0 Å². The first-order valence-electron chi connectivity index (χ1n) is 4.80. The highest BCUT2D eigenvalue weighted by atomic mass is 16.5. The number of imide groups is 1. The zero-order valence-electron chi connectivity index (χ0n) is 8.71. The molecule has 1 fully saturated rings. The molecule has 1 aliphatic rings. The SMILES string of the molecule is O=C(O)c1occc1CN1C(=O)COCC1=O. The van der Waals surface area contributed by atoms with Crippen LogP contribution in [0.1, 0.15) is 16.1 Å². The Hall–Kier alpha value is -2.15. The minimum atomic E-state index is -1.24. The number of furan rings is 1. The topological polar surface area (TPSA) is 97.1 Å². The van der Waals surface area contributed by atoms with Crippen molar-refractivity contribution >= 4 is 17.8 Å². The second-order valence-corrected chi connectivity index (χ2v) is 3.45. The zero-order chi connectivity index (χ0) is 12.4. The zero-order valence-corrected chi connectivity index (χ0v) is 8.71. The van der Waals surface area contributed by atoms with Crippen molar-refractivity contribution in [1.29, 1.82) is 0 Å². The summed E-state index contributed by atoms with van der Waals surface area (Å²) in [5, 5.41) is 8.81. The third-order valence-corrected chi connectivity index (χ3v) is 2.32. The Labute approximate surface area is 95.6 Å². The summed E-state index contributed by atoms with van der Waals surface area (Å²) in [6, 6.07) is 1.42. The van der Waals surface area contributed by atoms with E-state index in [1.807, 2.05) is 0 Å². The van der Waals surface area contributed by atoms with E-state index in [0.717, 1.165) is 4.90 Å². The molecule has 0 atom stereocenters. The molecule has 1 aromatic heterocycles. The van der Waals surface area contributed by atoms with Crippen LogP contribution in [-0.2, 0) is 20.9 Å². The lowest BCUT2D eigenvalue weighted by Crippen LogP contribution is -2.45. The summed E-state index contributed by atoms with van der Waals surface area (Å²) < 4.78 is 9.50. The van der Waals surface area contributed by atoms with Gasteiger partial charge in [-0.1, -0.05) is 0 Å². The lowest BCUT2D eigenvalue weighted by molar-refractivity contribution is -0.159. The summed E-state index contributed by atoms with van der Waals surface area (Å²) in [5.41, 5.74) is 0.279. The number of aromatic carboxylic acids is 1. The van der Waals surface area contributed by atoms with E-state index < -0.39 is 17.8 Å². The van der Waals surface area contributed by atoms with E-state index in [-0.39, 0.29) is 31.1 Å². The van der Waals surface area contributed by atoms with Crippen LogP contribution in [-0.4, -0.2) is 41.0 Å². The molecular weight excluding hydrogens is 230 g/mol. The van der Waals surface area contributed by atoms with Crippen LogP contribution in [0.5, 0.6) is 0 Å². The first-order chi connectivity index (χ1) is 8.09. The second-order valence-electron chi connectivity index (χ2n) is 3.45. The van der Waals surface area contributed by atoms with E-state index in [2.05, 4.69) is 0 Å². The van der Waals surface area contributed by atoms with Crippen molar-refractivity contribution in [2.24, 2.45) is 0 Å². The van der Waals surface area contributed by atoms with Gasteiger partial charge in [0, 0.05) is 5.56 Å². The summed E-state index contributed by atoms with van der Waals surface area (Å²) in [6.07, 6.45) is 1.20. The number of morpholine rings is 1. The van der Waals surface area contributed by atoms with Crippen molar-refractivity contribution in [1.82, 2.24) is 4.90 Å². The van der Waals surface area contributed by atoms with Gasteiger partial charge in [-0.05, 0) is 6.07 Å². The average Bonchev–Trinajstić information content (AvgIpc) is 2.72. The molecule has 1 aliphatic heterocycles. The van der Waals surface area contributed by atoms with Crippen LogP contribution >= 0.6 is 0 Å². The number of hydrogen-bond acceptors (Lipinski definition) is 5. The summed E-state index contributed by atoms with van der Waals surface area (Å²) >= 11 is 0. The van der Waals surface area contributed by atoms with Crippen LogP contribution in [0.2, 0.25) is 0 Å². The number of carbonyl (C=O) groups is 3. The number of carboxylic acids is 1. The number of nitrogens with zero attached hydrogens (tertiary/aromatic N) is 1. The van der Waals surface area contributed by atoms with Gasteiger partial charge in [0.1, 0.15) is 13.2 Å². The normalized spacial score (nSPS) is 16.4. The maximum absolute atomic E-state index is 11.4. The number of carboxylic acid groups (broad SMARTS) is 1. The molecule has 1 N–H and O–H groups in total. The van der Waals surface area contributed by atoms with Crippen LogP contribution < -0.4 is 0 Å². The summed E-state index contributed by atoms with van der Waals surface area (Å²) in [7, 11) is 0. The third-order valence-electron chi connectivity index (χ3n) is 2.32. The number of amides is 2. The van der Waals surface area contributed by atoms with Crippen LogP contribution in [0.3, 0.4) is 0 Å². The number of ether oxygens (including phenoxy) is 1. The minimum Gasteiger partial charge on any atom is -0.475 e. The first kappa shape index (κ1) is 11.3. The smallest absolute Gasteiger partial charge is 0.372 e. The first-order valence-corrected chi connectivity index (χ1v) is 4.80. The van der Waals surface area contributed by atoms with Crippen molar-refractivity contribution in [2.45, 2.75) is 6.54 Å². The highest BCUT2D eigenvalue weighted by Gasteiger charge is 2.28. The van der Waals surface area contributed by atoms with Crippen molar-refractivity contribution in [3.8, 4) is 0 Å². The Kier molecular flexibility index (Phi) is 2.92. The summed E-state index contributed by atoms with van der Waals surface area (Å²) in [4.78, 5) is 34.6. The van der Waals surface area contributed by atoms with Gasteiger partial charge in [-0.2, -0.15) is 0 Å². The Bertz CT molecular complexity index is 461. The lowest BCUT2D eigenvalue weighted by atomic mass is 10.2. The van der Waals surface area contributed by atoms with Crippen molar-refractivity contribution < 1.29 is 28.6 Å². The monoisotopic (exact) mass is 239 g/mol.